The molecule has 2 saturated heterocycles. The maximum absolute atomic E-state index is 13.0. The van der Waals surface area contributed by atoms with Gasteiger partial charge in [0.2, 0.25) is 0 Å². The van der Waals surface area contributed by atoms with Gasteiger partial charge in [0, 0.05) is 50.7 Å². The molecule has 2 unspecified atom stereocenters. The minimum absolute atomic E-state index is 0.0936. The lowest BCUT2D eigenvalue weighted by atomic mass is 9.87. The van der Waals surface area contributed by atoms with E-state index >= 15 is 0 Å². The molecule has 41 heavy (non-hydrogen) atoms. The number of carbonyl (C=O) groups is 2. The van der Waals surface area contributed by atoms with Gasteiger partial charge in [0.1, 0.15) is 5.78 Å². The van der Waals surface area contributed by atoms with E-state index in [0.29, 0.717) is 51.0 Å². The summed E-state index contributed by atoms with van der Waals surface area (Å²) in [6, 6.07) is 0. The van der Waals surface area contributed by atoms with Gasteiger partial charge in [-0.2, -0.15) is 0 Å². The second-order valence-electron chi connectivity index (χ2n) is 12.4. The second kappa shape index (κ2) is 19.1. The molecule has 0 amide bonds. The first-order valence-corrected chi connectivity index (χ1v) is 16.4. The van der Waals surface area contributed by atoms with Crippen LogP contribution in [0.25, 0.3) is 0 Å². The molecule has 236 valence electrons. The van der Waals surface area contributed by atoms with E-state index in [1.165, 1.54) is 20.0 Å². The van der Waals surface area contributed by atoms with Crippen LogP contribution in [0.5, 0.6) is 0 Å². The molecule has 3 aliphatic rings. The Morgan fingerprint density at radius 1 is 1.00 bits per heavy atom. The number of unbranched alkanes of at least 4 members (excludes halogenated alkanes) is 2. The predicted octanol–water partition coefficient (Wildman–Crippen LogP) is 6.27. The Balaban J connectivity index is 1.70. The molecule has 8 nitrogen and oxygen atoms in total. The van der Waals surface area contributed by atoms with Crippen LogP contribution in [-0.2, 0) is 33.3 Å². The van der Waals surface area contributed by atoms with E-state index in [-0.39, 0.29) is 48.4 Å². The molecule has 0 spiro atoms. The Morgan fingerprint density at radius 2 is 1.71 bits per heavy atom. The van der Waals surface area contributed by atoms with Crippen LogP contribution in [0.1, 0.15) is 117 Å². The zero-order chi connectivity index (χ0) is 29.5. The maximum Gasteiger partial charge on any atom is 0.305 e. The number of aliphatic hydroxyl groups is 1. The van der Waals surface area contributed by atoms with Crippen molar-refractivity contribution in [1.82, 2.24) is 0 Å². The van der Waals surface area contributed by atoms with Gasteiger partial charge in [-0.3, -0.25) is 9.59 Å². The second-order valence-corrected chi connectivity index (χ2v) is 12.4. The van der Waals surface area contributed by atoms with Gasteiger partial charge in [-0.1, -0.05) is 45.3 Å². The van der Waals surface area contributed by atoms with E-state index in [9.17, 15) is 14.7 Å². The topological polar surface area (TPSA) is 101 Å². The normalized spacial score (nSPS) is 30.3. The van der Waals surface area contributed by atoms with Crippen molar-refractivity contribution in [3.63, 3.8) is 0 Å². The van der Waals surface area contributed by atoms with E-state index in [1.807, 2.05) is 0 Å². The lowest BCUT2D eigenvalue weighted by molar-refractivity contribution is -0.193. The largest absolute Gasteiger partial charge is 0.469 e. The van der Waals surface area contributed by atoms with E-state index in [2.05, 4.69) is 26.0 Å². The fraction of sp³-hybridized carbons (Fsp3) is 0.879. The van der Waals surface area contributed by atoms with Crippen LogP contribution >= 0.6 is 0 Å². The monoisotopic (exact) mass is 580 g/mol. The van der Waals surface area contributed by atoms with Crippen molar-refractivity contribution in [2.45, 2.75) is 147 Å². The summed E-state index contributed by atoms with van der Waals surface area (Å²) < 4.78 is 29.4. The zero-order valence-electron chi connectivity index (χ0n) is 25.8. The Hall–Kier alpha value is -1.32. The smallest absolute Gasteiger partial charge is 0.305 e. The average Bonchev–Trinajstić information content (AvgIpc) is 3.26. The fourth-order valence-corrected chi connectivity index (χ4v) is 6.37. The molecule has 3 rings (SSSR count). The van der Waals surface area contributed by atoms with Crippen LogP contribution in [0.4, 0.5) is 0 Å². The third-order valence-corrected chi connectivity index (χ3v) is 8.83. The first kappa shape index (κ1) is 34.2. The van der Waals surface area contributed by atoms with E-state index < -0.39 is 6.10 Å². The van der Waals surface area contributed by atoms with Gasteiger partial charge in [0.05, 0.1) is 25.4 Å². The lowest BCUT2D eigenvalue weighted by Crippen LogP contribution is -2.32. The van der Waals surface area contributed by atoms with E-state index in [0.717, 1.165) is 58.0 Å². The highest BCUT2D eigenvalue weighted by Crippen LogP contribution is 2.40. The standard InChI is InChI=1S/C33H56O8/c1-4-5-12-24(2)21-26(40-32-15-8-10-19-38-32)17-18-27-28(22-25(34)13-6-7-14-31(36)37-3)29(35)23-30(27)41-33-16-9-11-20-39-33/h17-18,24,26-30,32-33,35H,4-16,19-23H2,1-3H3/t24-,26+,27+,28+,29-,30+,32?,33?/m0/s1. The van der Waals surface area contributed by atoms with Gasteiger partial charge in [-0.05, 0) is 63.7 Å². The average molecular weight is 581 g/mol. The van der Waals surface area contributed by atoms with Crippen molar-refractivity contribution in [2.75, 3.05) is 20.3 Å². The van der Waals surface area contributed by atoms with Crippen molar-refractivity contribution < 1.29 is 38.4 Å². The third kappa shape index (κ3) is 12.4. The molecular weight excluding hydrogens is 524 g/mol. The number of Topliss-reactive ketones (excluding diaryl/α,β-unsaturated/α-hetero) is 1. The van der Waals surface area contributed by atoms with Crippen molar-refractivity contribution >= 4 is 11.8 Å². The highest BCUT2D eigenvalue weighted by molar-refractivity contribution is 5.78. The summed E-state index contributed by atoms with van der Waals surface area (Å²) >= 11 is 0. The Bertz CT molecular complexity index is 773. The summed E-state index contributed by atoms with van der Waals surface area (Å²) in [4.78, 5) is 24.4. The summed E-state index contributed by atoms with van der Waals surface area (Å²) in [5, 5.41) is 11.1. The molecule has 1 N–H and O–H groups in total. The molecule has 8 heteroatoms. The van der Waals surface area contributed by atoms with Crippen LogP contribution in [0.15, 0.2) is 12.2 Å². The number of hydrogen-bond donors (Lipinski definition) is 1. The molecule has 2 heterocycles. The number of hydrogen-bond acceptors (Lipinski definition) is 8. The minimum Gasteiger partial charge on any atom is -0.469 e. The van der Waals surface area contributed by atoms with Gasteiger partial charge >= 0.3 is 5.97 Å². The number of rotatable bonds is 18. The first-order chi connectivity index (χ1) is 19.9. The molecule has 1 aliphatic carbocycles. The van der Waals surface area contributed by atoms with Gasteiger partial charge in [-0.15, -0.1) is 0 Å². The number of esters is 1. The van der Waals surface area contributed by atoms with Crippen LogP contribution in [0, 0.1) is 17.8 Å². The van der Waals surface area contributed by atoms with Gasteiger partial charge < -0.3 is 28.8 Å². The number of aliphatic hydroxyl groups excluding tert-OH is 1. The van der Waals surface area contributed by atoms with E-state index in [4.69, 9.17) is 23.7 Å². The molecule has 2 aliphatic heterocycles. The Labute approximate surface area is 247 Å². The SMILES string of the molecule is CCCC[C@H](C)C[C@@H](C=C[C@@H]1[C@@H](CC(=O)CCCCC(=O)OC)[C@@H](O)C[C@H]1OC1CCCCO1)OC1CCCCO1. The minimum atomic E-state index is -0.623. The third-order valence-electron chi connectivity index (χ3n) is 8.83. The lowest BCUT2D eigenvalue weighted by Gasteiger charge is -2.30. The quantitative estimate of drug-likeness (QED) is 0.115. The van der Waals surface area contributed by atoms with Crippen LogP contribution in [0.2, 0.25) is 0 Å². The van der Waals surface area contributed by atoms with E-state index in [1.54, 1.807) is 0 Å². The van der Waals surface area contributed by atoms with Crippen molar-refractivity contribution in [1.29, 1.82) is 0 Å². The highest BCUT2D eigenvalue weighted by atomic mass is 16.7. The van der Waals surface area contributed by atoms with Gasteiger partial charge in [-0.25, -0.2) is 0 Å². The summed E-state index contributed by atoms with van der Waals surface area (Å²) in [5.41, 5.74) is 0. The number of carbonyl (C=O) groups excluding carboxylic acids is 2. The summed E-state index contributed by atoms with van der Waals surface area (Å²) in [6.45, 7) is 5.94. The molecule has 0 aromatic heterocycles. The molecule has 0 aromatic carbocycles. The molecule has 0 bridgehead atoms. The molecule has 1 saturated carbocycles. The van der Waals surface area contributed by atoms with Crippen molar-refractivity contribution in [3.8, 4) is 0 Å². The number of ketones is 1. The summed E-state index contributed by atoms with van der Waals surface area (Å²) in [6.07, 6.45) is 16.2. The molecule has 8 atom stereocenters. The molecule has 0 radical (unpaired) electrons. The molecule has 0 aromatic rings. The summed E-state index contributed by atoms with van der Waals surface area (Å²) in [7, 11) is 1.38. The molecular formula is C33H56O8. The van der Waals surface area contributed by atoms with Gasteiger partial charge in [0.25, 0.3) is 0 Å². The van der Waals surface area contributed by atoms with Crippen LogP contribution < -0.4 is 0 Å². The maximum atomic E-state index is 13.0. The van der Waals surface area contributed by atoms with Gasteiger partial charge in [0.15, 0.2) is 12.6 Å². The van der Waals surface area contributed by atoms with Crippen LogP contribution in [0.3, 0.4) is 0 Å². The first-order valence-electron chi connectivity index (χ1n) is 16.4. The van der Waals surface area contributed by atoms with Crippen molar-refractivity contribution in [3.05, 3.63) is 12.2 Å². The summed E-state index contributed by atoms with van der Waals surface area (Å²) in [5.74, 6) is 0.0463. The predicted molar refractivity (Wildman–Crippen MR) is 157 cm³/mol. The van der Waals surface area contributed by atoms with Crippen molar-refractivity contribution in [2.24, 2.45) is 17.8 Å². The van der Waals surface area contributed by atoms with Crippen LogP contribution in [-0.4, -0.2) is 68.1 Å². The molecule has 3 fully saturated rings. The zero-order valence-corrected chi connectivity index (χ0v) is 25.8. The fourth-order valence-electron chi connectivity index (χ4n) is 6.37. The Morgan fingerprint density at radius 3 is 2.37 bits per heavy atom. The highest BCUT2D eigenvalue weighted by Gasteiger charge is 2.44. The Kier molecular flexibility index (Phi) is 15.9. The number of ether oxygens (including phenoxy) is 5. The number of methoxy groups -OCH3 is 1.